The van der Waals surface area contributed by atoms with E-state index in [1.54, 1.807) is 6.20 Å². The van der Waals surface area contributed by atoms with Gasteiger partial charge in [-0.3, -0.25) is 0 Å². The van der Waals surface area contributed by atoms with Crippen molar-refractivity contribution in [2.75, 3.05) is 16.4 Å². The molecule has 6 nitrogen and oxygen atoms in total. The number of hydrogen-bond acceptors (Lipinski definition) is 6. The first kappa shape index (κ1) is 14.8. The molecule has 6 heteroatoms. The summed E-state index contributed by atoms with van der Waals surface area (Å²) in [5.41, 5.74) is 9.81. The quantitative estimate of drug-likeness (QED) is 0.683. The number of anilines is 5. The molecule has 0 saturated carbocycles. The summed E-state index contributed by atoms with van der Waals surface area (Å²) in [5.74, 6) is 1.77. The van der Waals surface area contributed by atoms with Crippen LogP contribution in [0, 0.1) is 13.8 Å². The first-order chi connectivity index (χ1) is 11.1. The van der Waals surface area contributed by atoms with Crippen LogP contribution in [-0.2, 0) is 0 Å². The topological polar surface area (TPSA) is 88.8 Å². The van der Waals surface area contributed by atoms with Crippen LogP contribution >= 0.6 is 0 Å². The molecular weight excluding hydrogens is 288 g/mol. The molecule has 0 saturated heterocycles. The normalized spacial score (nSPS) is 10.3. The lowest BCUT2D eigenvalue weighted by molar-refractivity contribution is 1.16. The van der Waals surface area contributed by atoms with Gasteiger partial charge in [0.05, 0.1) is 0 Å². The van der Waals surface area contributed by atoms with E-state index in [0.717, 1.165) is 16.8 Å². The summed E-state index contributed by atoms with van der Waals surface area (Å²) in [4.78, 5) is 12.7. The van der Waals surface area contributed by atoms with Gasteiger partial charge in [0.15, 0.2) is 11.6 Å². The highest BCUT2D eigenvalue weighted by molar-refractivity contribution is 5.80. The molecule has 0 radical (unpaired) electrons. The third kappa shape index (κ3) is 3.37. The maximum absolute atomic E-state index is 6.19. The highest BCUT2D eigenvalue weighted by Gasteiger charge is 2.10. The van der Waals surface area contributed by atoms with Gasteiger partial charge in [0.2, 0.25) is 0 Å². The van der Waals surface area contributed by atoms with E-state index in [-0.39, 0.29) is 0 Å². The second-order valence-electron chi connectivity index (χ2n) is 5.27. The maximum atomic E-state index is 6.19. The van der Waals surface area contributed by atoms with Crippen molar-refractivity contribution in [2.24, 2.45) is 0 Å². The fourth-order valence-corrected chi connectivity index (χ4v) is 2.16. The Morgan fingerprint density at radius 3 is 2.39 bits per heavy atom. The van der Waals surface area contributed by atoms with Crippen molar-refractivity contribution < 1.29 is 0 Å². The fourth-order valence-electron chi connectivity index (χ4n) is 2.16. The molecule has 116 valence electrons. The molecule has 0 amide bonds. The molecule has 0 bridgehead atoms. The molecule has 0 atom stereocenters. The molecule has 4 N–H and O–H groups in total. The van der Waals surface area contributed by atoms with Crippen LogP contribution in [0.25, 0.3) is 0 Å². The first-order valence-electron chi connectivity index (χ1n) is 7.26. The molecule has 2 heterocycles. The molecule has 0 aliphatic carbocycles. The summed E-state index contributed by atoms with van der Waals surface area (Å²) >= 11 is 0. The predicted molar refractivity (Wildman–Crippen MR) is 93.2 cm³/mol. The molecule has 0 aliphatic heterocycles. The molecule has 23 heavy (non-hydrogen) atoms. The zero-order valence-corrected chi connectivity index (χ0v) is 13.0. The standard InChI is InChI=1S/C17H18N6/c1-11-7-8-19-14(9-11)23-17-15(18)16(20-10-21-17)22-13-6-4-3-5-12(13)2/h3-10H,18H2,1-2H3,(H2,19,20,21,22,23). The van der Waals surface area contributed by atoms with Crippen LogP contribution in [0.1, 0.15) is 11.1 Å². The lowest BCUT2D eigenvalue weighted by Gasteiger charge is -2.13. The van der Waals surface area contributed by atoms with Gasteiger partial charge >= 0.3 is 0 Å². The Morgan fingerprint density at radius 2 is 1.65 bits per heavy atom. The molecule has 3 aromatic rings. The molecule has 1 aromatic carbocycles. The first-order valence-corrected chi connectivity index (χ1v) is 7.26. The molecule has 2 aromatic heterocycles. The summed E-state index contributed by atoms with van der Waals surface area (Å²) in [6.45, 7) is 4.02. The highest BCUT2D eigenvalue weighted by atomic mass is 15.1. The van der Waals surface area contributed by atoms with E-state index in [4.69, 9.17) is 5.73 Å². The highest BCUT2D eigenvalue weighted by Crippen LogP contribution is 2.28. The van der Waals surface area contributed by atoms with Gasteiger partial charge in [-0.2, -0.15) is 0 Å². The van der Waals surface area contributed by atoms with Crippen LogP contribution in [0.4, 0.5) is 28.8 Å². The average molecular weight is 306 g/mol. The molecule has 0 fully saturated rings. The second-order valence-corrected chi connectivity index (χ2v) is 5.27. The van der Waals surface area contributed by atoms with Gasteiger partial charge in [0, 0.05) is 11.9 Å². The van der Waals surface area contributed by atoms with Gasteiger partial charge in [-0.05, 0) is 43.2 Å². The number of aromatic nitrogens is 3. The van der Waals surface area contributed by atoms with E-state index >= 15 is 0 Å². The van der Waals surface area contributed by atoms with E-state index in [1.165, 1.54) is 6.33 Å². The molecule has 0 unspecified atom stereocenters. The molecular formula is C17H18N6. The third-order valence-corrected chi connectivity index (χ3v) is 3.44. The number of rotatable bonds is 4. The number of nitrogens with zero attached hydrogens (tertiary/aromatic N) is 3. The summed E-state index contributed by atoms with van der Waals surface area (Å²) in [7, 11) is 0. The Kier molecular flexibility index (Phi) is 4.05. The molecule has 3 rings (SSSR count). The van der Waals surface area contributed by atoms with Crippen molar-refractivity contribution in [2.45, 2.75) is 13.8 Å². The van der Waals surface area contributed by atoms with E-state index < -0.39 is 0 Å². The summed E-state index contributed by atoms with van der Waals surface area (Å²) < 4.78 is 0. The monoisotopic (exact) mass is 306 g/mol. The zero-order valence-electron chi connectivity index (χ0n) is 13.0. The fraction of sp³-hybridized carbons (Fsp3) is 0.118. The summed E-state index contributed by atoms with van der Waals surface area (Å²) in [6.07, 6.45) is 3.20. The second kappa shape index (κ2) is 6.31. The van der Waals surface area contributed by atoms with Crippen LogP contribution in [0.2, 0.25) is 0 Å². The van der Waals surface area contributed by atoms with Gasteiger partial charge in [0.1, 0.15) is 17.8 Å². The van der Waals surface area contributed by atoms with Crippen LogP contribution in [0.5, 0.6) is 0 Å². The lowest BCUT2D eigenvalue weighted by atomic mass is 10.2. The lowest BCUT2D eigenvalue weighted by Crippen LogP contribution is -2.06. The number of nitrogens with two attached hydrogens (primary N) is 1. The Morgan fingerprint density at radius 1 is 0.913 bits per heavy atom. The van der Waals surface area contributed by atoms with Crippen LogP contribution in [0.3, 0.4) is 0 Å². The van der Waals surface area contributed by atoms with Gasteiger partial charge in [0.25, 0.3) is 0 Å². The SMILES string of the molecule is Cc1ccnc(Nc2ncnc(Nc3ccccc3C)c2N)c1. The van der Waals surface area contributed by atoms with Crippen molar-refractivity contribution in [3.8, 4) is 0 Å². The average Bonchev–Trinajstić information content (AvgIpc) is 2.53. The minimum atomic E-state index is 0.444. The number of benzene rings is 1. The number of nitrogen functional groups attached to an aromatic ring is 1. The van der Waals surface area contributed by atoms with E-state index in [9.17, 15) is 0 Å². The number of pyridine rings is 1. The number of hydrogen-bond donors (Lipinski definition) is 3. The Bertz CT molecular complexity index is 831. The number of nitrogens with one attached hydrogen (secondary N) is 2. The smallest absolute Gasteiger partial charge is 0.160 e. The summed E-state index contributed by atoms with van der Waals surface area (Å²) in [6, 6.07) is 11.8. The van der Waals surface area contributed by atoms with Crippen molar-refractivity contribution in [3.05, 3.63) is 60.0 Å². The third-order valence-electron chi connectivity index (χ3n) is 3.44. The maximum Gasteiger partial charge on any atom is 0.160 e. The van der Waals surface area contributed by atoms with Crippen LogP contribution in [0.15, 0.2) is 48.9 Å². The zero-order chi connectivity index (χ0) is 16.2. The molecule has 0 aliphatic rings. The minimum absolute atomic E-state index is 0.444. The van der Waals surface area contributed by atoms with Gasteiger partial charge in [-0.1, -0.05) is 18.2 Å². The van der Waals surface area contributed by atoms with E-state index in [0.29, 0.717) is 23.1 Å². The largest absolute Gasteiger partial charge is 0.393 e. The van der Waals surface area contributed by atoms with E-state index in [1.807, 2.05) is 50.2 Å². The number of para-hydroxylation sites is 1. The Labute approximate surface area is 134 Å². The minimum Gasteiger partial charge on any atom is -0.393 e. The van der Waals surface area contributed by atoms with Gasteiger partial charge < -0.3 is 16.4 Å². The van der Waals surface area contributed by atoms with Crippen molar-refractivity contribution in [1.82, 2.24) is 15.0 Å². The Hall–Kier alpha value is -3.15. The van der Waals surface area contributed by atoms with Gasteiger partial charge in [-0.15, -0.1) is 0 Å². The molecule has 0 spiro atoms. The van der Waals surface area contributed by atoms with Crippen LogP contribution in [-0.4, -0.2) is 15.0 Å². The number of aryl methyl sites for hydroxylation is 2. The van der Waals surface area contributed by atoms with Gasteiger partial charge in [-0.25, -0.2) is 15.0 Å². The van der Waals surface area contributed by atoms with Crippen LogP contribution < -0.4 is 16.4 Å². The van der Waals surface area contributed by atoms with Crippen molar-refractivity contribution >= 4 is 28.8 Å². The Balaban J connectivity index is 1.88. The van der Waals surface area contributed by atoms with Crippen molar-refractivity contribution in [3.63, 3.8) is 0 Å². The van der Waals surface area contributed by atoms with Crippen molar-refractivity contribution in [1.29, 1.82) is 0 Å². The van der Waals surface area contributed by atoms with E-state index in [2.05, 4.69) is 25.6 Å². The summed E-state index contributed by atoms with van der Waals surface area (Å²) in [5, 5.41) is 6.37. The predicted octanol–water partition coefficient (Wildman–Crippen LogP) is 3.56.